The van der Waals surface area contributed by atoms with Gasteiger partial charge in [-0.1, -0.05) is 35.9 Å². The van der Waals surface area contributed by atoms with Gasteiger partial charge in [0.1, 0.15) is 0 Å². The average Bonchev–Trinajstić information content (AvgIpc) is 2.73. The van der Waals surface area contributed by atoms with Gasteiger partial charge in [-0.05, 0) is 30.9 Å². The van der Waals surface area contributed by atoms with Gasteiger partial charge in [-0.25, -0.2) is 4.68 Å². The molecule has 0 aliphatic heterocycles. The smallest absolute Gasteiger partial charge is 0.0997 e. The van der Waals surface area contributed by atoms with Crippen molar-refractivity contribution in [1.82, 2.24) is 15.0 Å². The first-order chi connectivity index (χ1) is 9.29. The Labute approximate surface area is 113 Å². The zero-order chi connectivity index (χ0) is 13.2. The molecule has 0 radical (unpaired) electrons. The van der Waals surface area contributed by atoms with E-state index in [4.69, 9.17) is 5.73 Å². The summed E-state index contributed by atoms with van der Waals surface area (Å²) in [6.07, 6.45) is 3.80. The Hall–Kier alpha value is -1.68. The number of benzene rings is 1. The summed E-state index contributed by atoms with van der Waals surface area (Å²) in [6, 6.07) is 8.44. The van der Waals surface area contributed by atoms with E-state index in [2.05, 4.69) is 41.5 Å². The second-order valence-electron chi connectivity index (χ2n) is 5.34. The van der Waals surface area contributed by atoms with E-state index in [0.29, 0.717) is 12.5 Å². The second kappa shape index (κ2) is 5.13. The molecule has 2 N–H and O–H groups in total. The molecule has 1 aromatic heterocycles. The maximum atomic E-state index is 5.79. The van der Waals surface area contributed by atoms with Crippen LogP contribution >= 0.6 is 0 Å². The molecule has 1 saturated carbocycles. The van der Waals surface area contributed by atoms with Crippen LogP contribution in [0.25, 0.3) is 0 Å². The molecule has 0 bridgehead atoms. The topological polar surface area (TPSA) is 56.7 Å². The summed E-state index contributed by atoms with van der Waals surface area (Å²) in [7, 11) is 0. The highest BCUT2D eigenvalue weighted by molar-refractivity contribution is 5.27. The largest absolute Gasteiger partial charge is 0.325 e. The lowest BCUT2D eigenvalue weighted by molar-refractivity contribution is 0.390. The van der Waals surface area contributed by atoms with Gasteiger partial charge in [0.05, 0.1) is 17.9 Å². The van der Waals surface area contributed by atoms with Crippen molar-refractivity contribution < 1.29 is 0 Å². The van der Waals surface area contributed by atoms with E-state index in [1.165, 1.54) is 36.1 Å². The highest BCUT2D eigenvalue weighted by Crippen LogP contribution is 2.37. The number of nitrogens with two attached hydrogens (primary N) is 1. The molecule has 19 heavy (non-hydrogen) atoms. The van der Waals surface area contributed by atoms with Crippen LogP contribution in [-0.2, 0) is 13.1 Å². The summed E-state index contributed by atoms with van der Waals surface area (Å²) < 4.78 is 2.05. The van der Waals surface area contributed by atoms with Crippen molar-refractivity contribution >= 4 is 0 Å². The van der Waals surface area contributed by atoms with Crippen molar-refractivity contribution in [2.45, 2.75) is 45.2 Å². The van der Waals surface area contributed by atoms with Crippen molar-refractivity contribution in [2.24, 2.45) is 5.73 Å². The minimum absolute atomic E-state index is 0.486. The van der Waals surface area contributed by atoms with E-state index in [1.54, 1.807) is 0 Å². The van der Waals surface area contributed by atoms with E-state index >= 15 is 0 Å². The lowest BCUT2D eigenvalue weighted by Crippen LogP contribution is -2.18. The van der Waals surface area contributed by atoms with Crippen molar-refractivity contribution in [3.05, 3.63) is 46.8 Å². The van der Waals surface area contributed by atoms with E-state index in [0.717, 1.165) is 12.2 Å². The van der Waals surface area contributed by atoms with Gasteiger partial charge in [0.2, 0.25) is 0 Å². The molecule has 1 aliphatic carbocycles. The van der Waals surface area contributed by atoms with E-state index in [-0.39, 0.29) is 0 Å². The van der Waals surface area contributed by atoms with Crippen molar-refractivity contribution in [3.8, 4) is 0 Å². The fourth-order valence-electron chi connectivity index (χ4n) is 2.70. The van der Waals surface area contributed by atoms with Crippen LogP contribution in [-0.4, -0.2) is 15.0 Å². The van der Waals surface area contributed by atoms with Crippen molar-refractivity contribution in [3.63, 3.8) is 0 Å². The quantitative estimate of drug-likeness (QED) is 0.913. The van der Waals surface area contributed by atoms with Crippen LogP contribution in [0.3, 0.4) is 0 Å². The maximum Gasteiger partial charge on any atom is 0.0997 e. The Morgan fingerprint density at radius 1 is 1.32 bits per heavy atom. The zero-order valence-corrected chi connectivity index (χ0v) is 11.3. The summed E-state index contributed by atoms with van der Waals surface area (Å²) in [4.78, 5) is 0. The Kier molecular flexibility index (Phi) is 3.34. The van der Waals surface area contributed by atoms with Gasteiger partial charge in [-0.15, -0.1) is 5.10 Å². The van der Waals surface area contributed by atoms with E-state index < -0.39 is 0 Å². The summed E-state index contributed by atoms with van der Waals surface area (Å²) in [6.45, 7) is 3.42. The monoisotopic (exact) mass is 256 g/mol. The van der Waals surface area contributed by atoms with Crippen LogP contribution in [0.5, 0.6) is 0 Å². The lowest BCUT2D eigenvalue weighted by Gasteiger charge is -2.26. The highest BCUT2D eigenvalue weighted by Gasteiger charge is 2.27. The van der Waals surface area contributed by atoms with Gasteiger partial charge in [0.25, 0.3) is 0 Å². The van der Waals surface area contributed by atoms with Crippen LogP contribution in [0.1, 0.15) is 47.7 Å². The maximum absolute atomic E-state index is 5.79. The molecular formula is C15H20N4. The van der Waals surface area contributed by atoms with Crippen LogP contribution in [0, 0.1) is 6.92 Å². The van der Waals surface area contributed by atoms with Gasteiger partial charge < -0.3 is 5.73 Å². The molecule has 0 amide bonds. The minimum Gasteiger partial charge on any atom is -0.325 e. The molecule has 0 unspecified atom stereocenters. The molecule has 1 aliphatic rings. The Bertz CT molecular complexity index is 569. The molecule has 3 rings (SSSR count). The third kappa shape index (κ3) is 2.28. The predicted molar refractivity (Wildman–Crippen MR) is 74.8 cm³/mol. The Morgan fingerprint density at radius 2 is 2.11 bits per heavy atom. The number of aryl methyl sites for hydroxylation is 1. The van der Waals surface area contributed by atoms with Crippen LogP contribution < -0.4 is 5.73 Å². The second-order valence-corrected chi connectivity index (χ2v) is 5.34. The third-order valence-electron chi connectivity index (χ3n) is 4.11. The molecule has 0 spiro atoms. The molecule has 4 heteroatoms. The van der Waals surface area contributed by atoms with Crippen molar-refractivity contribution in [1.29, 1.82) is 0 Å². The summed E-state index contributed by atoms with van der Waals surface area (Å²) in [5.74, 6) is 0.609. The fourth-order valence-corrected chi connectivity index (χ4v) is 2.70. The van der Waals surface area contributed by atoms with Crippen molar-refractivity contribution in [2.75, 3.05) is 0 Å². The fraction of sp³-hybridized carbons (Fsp3) is 0.467. The number of rotatable bonds is 4. The number of hydrogen-bond acceptors (Lipinski definition) is 3. The van der Waals surface area contributed by atoms with Gasteiger partial charge in [-0.3, -0.25) is 0 Å². The Morgan fingerprint density at radius 3 is 2.74 bits per heavy atom. The summed E-state index contributed by atoms with van der Waals surface area (Å²) >= 11 is 0. The molecule has 1 heterocycles. The lowest BCUT2D eigenvalue weighted by atomic mass is 9.82. The molecular weight excluding hydrogens is 236 g/mol. The third-order valence-corrected chi connectivity index (χ3v) is 4.11. The number of aromatic nitrogens is 3. The molecule has 0 saturated heterocycles. The van der Waals surface area contributed by atoms with E-state index in [9.17, 15) is 0 Å². The highest BCUT2D eigenvalue weighted by atomic mass is 15.4. The zero-order valence-electron chi connectivity index (χ0n) is 11.3. The van der Waals surface area contributed by atoms with E-state index in [1.807, 2.05) is 4.68 Å². The molecule has 1 fully saturated rings. The average molecular weight is 256 g/mol. The van der Waals surface area contributed by atoms with Crippen LogP contribution in [0.15, 0.2) is 24.3 Å². The standard InChI is InChI=1S/C15H20N4/c1-11-5-2-3-6-13(11)10-19-15(12-7-4-8-12)14(9-16)17-18-19/h2-3,5-6,12H,4,7-10,16H2,1H3. The summed E-state index contributed by atoms with van der Waals surface area (Å²) in [5.41, 5.74) is 10.6. The molecule has 2 aromatic rings. The molecule has 4 nitrogen and oxygen atoms in total. The summed E-state index contributed by atoms with van der Waals surface area (Å²) in [5, 5.41) is 8.56. The molecule has 1 aromatic carbocycles. The van der Waals surface area contributed by atoms with Gasteiger partial charge >= 0.3 is 0 Å². The van der Waals surface area contributed by atoms with Gasteiger partial charge in [0, 0.05) is 12.5 Å². The number of nitrogens with zero attached hydrogens (tertiary/aromatic N) is 3. The Balaban J connectivity index is 1.92. The first-order valence-corrected chi connectivity index (χ1v) is 6.96. The predicted octanol–water partition coefficient (Wildman–Crippen LogP) is 2.36. The van der Waals surface area contributed by atoms with Crippen LogP contribution in [0.2, 0.25) is 0 Å². The number of hydrogen-bond donors (Lipinski definition) is 1. The molecule has 100 valence electrons. The van der Waals surface area contributed by atoms with Crippen LogP contribution in [0.4, 0.5) is 0 Å². The first kappa shape index (κ1) is 12.4. The SMILES string of the molecule is Cc1ccccc1Cn1nnc(CN)c1C1CCC1. The minimum atomic E-state index is 0.486. The van der Waals surface area contributed by atoms with Gasteiger partial charge in [0.15, 0.2) is 0 Å². The first-order valence-electron chi connectivity index (χ1n) is 6.96. The van der Waals surface area contributed by atoms with Gasteiger partial charge in [-0.2, -0.15) is 0 Å². The molecule has 0 atom stereocenters. The normalized spacial score (nSPS) is 15.5.